The summed E-state index contributed by atoms with van der Waals surface area (Å²) in [5, 5.41) is 6.21. The molecule has 0 bridgehead atoms. The standard InChI is InChI=1S/C20H24N2O4/c1-4-24-17-7-5-6-15(10-17)13(2)21-14(3)20(23)22-16-8-9-18-19(11-16)26-12-25-18/h5-11,13-14,21H,4,12H2,1-3H3,(H,22,23). The average molecular weight is 356 g/mol. The van der Waals surface area contributed by atoms with Gasteiger partial charge in [0.1, 0.15) is 5.75 Å². The lowest BCUT2D eigenvalue weighted by molar-refractivity contribution is -0.117. The van der Waals surface area contributed by atoms with Gasteiger partial charge < -0.3 is 19.5 Å². The summed E-state index contributed by atoms with van der Waals surface area (Å²) < 4.78 is 16.1. The van der Waals surface area contributed by atoms with Crippen LogP contribution in [-0.2, 0) is 4.79 Å². The number of fused-ring (bicyclic) bond motifs is 1. The van der Waals surface area contributed by atoms with Gasteiger partial charge in [-0.25, -0.2) is 0 Å². The van der Waals surface area contributed by atoms with E-state index in [0.29, 0.717) is 23.8 Å². The molecule has 1 aliphatic rings. The summed E-state index contributed by atoms with van der Waals surface area (Å²) in [5.41, 5.74) is 1.75. The number of rotatable bonds is 7. The fourth-order valence-corrected chi connectivity index (χ4v) is 2.81. The van der Waals surface area contributed by atoms with Crippen molar-refractivity contribution in [3.05, 3.63) is 48.0 Å². The molecule has 0 radical (unpaired) electrons. The van der Waals surface area contributed by atoms with Gasteiger partial charge in [0.15, 0.2) is 11.5 Å². The van der Waals surface area contributed by atoms with Crippen molar-refractivity contribution in [2.75, 3.05) is 18.7 Å². The van der Waals surface area contributed by atoms with E-state index in [1.165, 1.54) is 0 Å². The molecule has 6 heteroatoms. The highest BCUT2D eigenvalue weighted by Gasteiger charge is 2.19. The van der Waals surface area contributed by atoms with Crippen molar-refractivity contribution in [2.45, 2.75) is 32.9 Å². The maximum atomic E-state index is 12.5. The van der Waals surface area contributed by atoms with Crippen molar-refractivity contribution in [2.24, 2.45) is 0 Å². The minimum absolute atomic E-state index is 0.00732. The van der Waals surface area contributed by atoms with Gasteiger partial charge in [0.25, 0.3) is 0 Å². The van der Waals surface area contributed by atoms with Gasteiger partial charge in [-0.3, -0.25) is 10.1 Å². The molecule has 0 saturated carbocycles. The number of amides is 1. The van der Waals surface area contributed by atoms with Crippen LogP contribution in [0.4, 0.5) is 5.69 Å². The van der Waals surface area contributed by atoms with Crippen LogP contribution in [0, 0.1) is 0 Å². The molecule has 0 spiro atoms. The molecule has 0 fully saturated rings. The summed E-state index contributed by atoms with van der Waals surface area (Å²) in [6.45, 7) is 6.65. The fourth-order valence-electron chi connectivity index (χ4n) is 2.81. The Bertz CT molecular complexity index is 778. The second-order valence-corrected chi connectivity index (χ2v) is 6.17. The zero-order chi connectivity index (χ0) is 18.5. The van der Waals surface area contributed by atoms with Gasteiger partial charge in [-0.05, 0) is 50.6 Å². The number of hydrogen-bond acceptors (Lipinski definition) is 5. The van der Waals surface area contributed by atoms with E-state index in [2.05, 4.69) is 10.6 Å². The van der Waals surface area contributed by atoms with Crippen molar-refractivity contribution in [1.82, 2.24) is 5.32 Å². The summed E-state index contributed by atoms with van der Waals surface area (Å²) in [5.74, 6) is 2.05. The molecular weight excluding hydrogens is 332 g/mol. The monoisotopic (exact) mass is 356 g/mol. The van der Waals surface area contributed by atoms with Crippen LogP contribution >= 0.6 is 0 Å². The zero-order valence-electron chi connectivity index (χ0n) is 15.2. The highest BCUT2D eigenvalue weighted by Crippen LogP contribution is 2.34. The number of anilines is 1. The lowest BCUT2D eigenvalue weighted by Gasteiger charge is -2.20. The van der Waals surface area contributed by atoms with E-state index in [1.54, 1.807) is 18.2 Å². The van der Waals surface area contributed by atoms with Crippen LogP contribution in [0.5, 0.6) is 17.2 Å². The molecule has 2 N–H and O–H groups in total. The molecular formula is C20H24N2O4. The van der Waals surface area contributed by atoms with Crippen LogP contribution in [0.2, 0.25) is 0 Å². The average Bonchev–Trinajstić information content (AvgIpc) is 3.10. The van der Waals surface area contributed by atoms with Crippen LogP contribution < -0.4 is 24.8 Å². The molecule has 2 unspecified atom stereocenters. The second kappa shape index (κ2) is 8.10. The predicted molar refractivity (Wildman–Crippen MR) is 99.8 cm³/mol. The van der Waals surface area contributed by atoms with Crippen LogP contribution in [0.25, 0.3) is 0 Å². The third-order valence-electron chi connectivity index (χ3n) is 4.20. The molecule has 6 nitrogen and oxygen atoms in total. The molecule has 1 amide bonds. The smallest absolute Gasteiger partial charge is 0.241 e. The van der Waals surface area contributed by atoms with E-state index in [1.807, 2.05) is 45.0 Å². The van der Waals surface area contributed by atoms with Crippen molar-refractivity contribution < 1.29 is 19.0 Å². The first-order chi connectivity index (χ1) is 12.6. The topological polar surface area (TPSA) is 68.8 Å². The molecule has 0 aliphatic carbocycles. The molecule has 2 aromatic carbocycles. The van der Waals surface area contributed by atoms with Crippen molar-refractivity contribution >= 4 is 11.6 Å². The second-order valence-electron chi connectivity index (χ2n) is 6.17. The van der Waals surface area contributed by atoms with Crippen LogP contribution in [0.15, 0.2) is 42.5 Å². The zero-order valence-corrected chi connectivity index (χ0v) is 15.2. The molecule has 0 aromatic heterocycles. The number of nitrogens with one attached hydrogen (secondary N) is 2. The van der Waals surface area contributed by atoms with Crippen LogP contribution in [-0.4, -0.2) is 25.3 Å². The first-order valence-electron chi connectivity index (χ1n) is 8.76. The molecule has 138 valence electrons. The highest BCUT2D eigenvalue weighted by molar-refractivity contribution is 5.94. The molecule has 2 atom stereocenters. The number of ether oxygens (including phenoxy) is 3. The highest BCUT2D eigenvalue weighted by atomic mass is 16.7. The number of carbonyl (C=O) groups excluding carboxylic acids is 1. The van der Waals surface area contributed by atoms with Gasteiger partial charge in [0.2, 0.25) is 12.7 Å². The number of carbonyl (C=O) groups is 1. The predicted octanol–water partition coefficient (Wildman–Crippen LogP) is 3.49. The van der Waals surface area contributed by atoms with Gasteiger partial charge in [-0.2, -0.15) is 0 Å². The van der Waals surface area contributed by atoms with E-state index >= 15 is 0 Å². The number of hydrogen-bond donors (Lipinski definition) is 2. The van der Waals surface area contributed by atoms with E-state index in [-0.39, 0.29) is 24.8 Å². The summed E-state index contributed by atoms with van der Waals surface area (Å²) in [6, 6.07) is 12.9. The number of benzene rings is 2. The van der Waals surface area contributed by atoms with Gasteiger partial charge >= 0.3 is 0 Å². The van der Waals surface area contributed by atoms with Gasteiger partial charge in [-0.1, -0.05) is 12.1 Å². The molecule has 2 aromatic rings. The van der Waals surface area contributed by atoms with E-state index in [0.717, 1.165) is 11.3 Å². The largest absolute Gasteiger partial charge is 0.494 e. The van der Waals surface area contributed by atoms with E-state index < -0.39 is 0 Å². The normalized spacial score (nSPS) is 14.6. The first kappa shape index (κ1) is 18.1. The van der Waals surface area contributed by atoms with Crippen LogP contribution in [0.1, 0.15) is 32.4 Å². The summed E-state index contributed by atoms with van der Waals surface area (Å²) >= 11 is 0. The first-order valence-corrected chi connectivity index (χ1v) is 8.76. The lowest BCUT2D eigenvalue weighted by Crippen LogP contribution is -2.39. The van der Waals surface area contributed by atoms with E-state index in [9.17, 15) is 4.79 Å². The molecule has 26 heavy (non-hydrogen) atoms. The Morgan fingerprint density at radius 1 is 1.15 bits per heavy atom. The van der Waals surface area contributed by atoms with Gasteiger partial charge in [0.05, 0.1) is 12.6 Å². The third kappa shape index (κ3) is 4.26. The maximum Gasteiger partial charge on any atom is 0.241 e. The Hall–Kier alpha value is -2.73. The third-order valence-corrected chi connectivity index (χ3v) is 4.20. The SMILES string of the molecule is CCOc1cccc(C(C)NC(C)C(=O)Nc2ccc3c(c2)OCO3)c1. The van der Waals surface area contributed by atoms with Gasteiger partial charge in [-0.15, -0.1) is 0 Å². The Kier molecular flexibility index (Phi) is 5.63. The van der Waals surface area contributed by atoms with E-state index in [4.69, 9.17) is 14.2 Å². The maximum absolute atomic E-state index is 12.5. The summed E-state index contributed by atoms with van der Waals surface area (Å²) in [7, 11) is 0. The molecule has 3 rings (SSSR count). The Morgan fingerprint density at radius 3 is 2.77 bits per heavy atom. The van der Waals surface area contributed by atoms with Crippen LogP contribution in [0.3, 0.4) is 0 Å². The summed E-state index contributed by atoms with van der Waals surface area (Å²) in [4.78, 5) is 12.5. The van der Waals surface area contributed by atoms with Gasteiger partial charge in [0, 0.05) is 17.8 Å². The fraction of sp³-hybridized carbons (Fsp3) is 0.350. The molecule has 1 aliphatic heterocycles. The van der Waals surface area contributed by atoms with Crippen molar-refractivity contribution in [3.8, 4) is 17.2 Å². The summed E-state index contributed by atoms with van der Waals surface area (Å²) in [6.07, 6.45) is 0. The molecule has 1 heterocycles. The lowest BCUT2D eigenvalue weighted by atomic mass is 10.1. The quantitative estimate of drug-likeness (QED) is 0.795. The van der Waals surface area contributed by atoms with Crippen molar-refractivity contribution in [1.29, 1.82) is 0 Å². The van der Waals surface area contributed by atoms with Crippen molar-refractivity contribution in [3.63, 3.8) is 0 Å². The molecule has 0 saturated heterocycles. The Morgan fingerprint density at radius 2 is 1.96 bits per heavy atom. The Labute approximate surface area is 153 Å². The minimum atomic E-state index is -0.369. The minimum Gasteiger partial charge on any atom is -0.494 e. The Balaban J connectivity index is 1.59.